The molecule has 1 aromatic heterocycles. The zero-order valence-electron chi connectivity index (χ0n) is 17.4. The fourth-order valence-corrected chi connectivity index (χ4v) is 7.02. The average molecular weight is 468 g/mol. The van der Waals surface area contributed by atoms with Crippen LogP contribution in [0.25, 0.3) is 21.7 Å². The second kappa shape index (κ2) is 7.36. The zero-order chi connectivity index (χ0) is 22.7. The first-order valence-corrected chi connectivity index (χ1v) is 12.3. The van der Waals surface area contributed by atoms with Crippen LogP contribution in [0, 0.1) is 5.92 Å². The third-order valence-electron chi connectivity index (χ3n) is 6.94. The van der Waals surface area contributed by atoms with E-state index in [1.807, 2.05) is 36.4 Å². The fourth-order valence-electron chi connectivity index (χ4n) is 4.96. The first kappa shape index (κ1) is 21.0. The van der Waals surface area contributed by atoms with Gasteiger partial charge in [-0.15, -0.1) is 0 Å². The second-order valence-corrected chi connectivity index (χ2v) is 11.4. The zero-order valence-corrected chi connectivity index (χ0v) is 19.0. The molecule has 0 amide bonds. The number of aryl methyl sites for hydroxylation is 1. The minimum absolute atomic E-state index is 0.0373. The molecule has 2 atom stereocenters. The van der Waals surface area contributed by atoms with Gasteiger partial charge in [-0.05, 0) is 78.8 Å². The van der Waals surface area contributed by atoms with Crippen molar-refractivity contribution in [1.82, 2.24) is 4.98 Å². The van der Waals surface area contributed by atoms with Gasteiger partial charge in [0.05, 0.1) is 4.90 Å². The van der Waals surface area contributed by atoms with Crippen LogP contribution in [0.5, 0.6) is 0 Å². The van der Waals surface area contributed by atoms with Crippen LogP contribution in [-0.2, 0) is 27.5 Å². The number of hydrogen-bond acceptors (Lipinski definition) is 3. The Labute approximate surface area is 190 Å². The number of hydrogen-bond donors (Lipinski definition) is 2. The van der Waals surface area contributed by atoms with Crippen molar-refractivity contribution in [2.75, 3.05) is 0 Å². The maximum absolute atomic E-state index is 13.8. The van der Waals surface area contributed by atoms with Crippen LogP contribution in [0.15, 0.2) is 65.6 Å². The van der Waals surface area contributed by atoms with Crippen LogP contribution in [0.1, 0.15) is 24.6 Å². The minimum atomic E-state index is -4.16. The van der Waals surface area contributed by atoms with E-state index in [9.17, 15) is 18.3 Å². The summed E-state index contributed by atoms with van der Waals surface area (Å²) in [5.74, 6) is -1.90. The van der Waals surface area contributed by atoms with Crippen molar-refractivity contribution in [3.05, 3.63) is 76.9 Å². The second-order valence-electron chi connectivity index (χ2n) is 8.64. The van der Waals surface area contributed by atoms with Gasteiger partial charge >= 0.3 is 5.97 Å². The van der Waals surface area contributed by atoms with E-state index in [0.29, 0.717) is 24.3 Å². The molecule has 0 spiro atoms. The SMILES string of the molecule is CC(C(=O)O)(C1CCc2c([nH]c3ccc(Cl)cc23)C1)S(=O)(=O)c1ccc2ccccc2c1. The van der Waals surface area contributed by atoms with Crippen molar-refractivity contribution in [2.24, 2.45) is 5.92 Å². The summed E-state index contributed by atoms with van der Waals surface area (Å²) in [5, 5.41) is 13.5. The lowest BCUT2D eigenvalue weighted by Crippen LogP contribution is -2.51. The Morgan fingerprint density at radius 1 is 1.09 bits per heavy atom. The van der Waals surface area contributed by atoms with Crippen LogP contribution in [0.4, 0.5) is 0 Å². The third-order valence-corrected chi connectivity index (χ3v) is 9.68. The first-order valence-electron chi connectivity index (χ1n) is 10.5. The predicted octanol–water partition coefficient (Wildman–Crippen LogP) is 5.40. The van der Waals surface area contributed by atoms with E-state index in [-0.39, 0.29) is 4.90 Å². The number of rotatable bonds is 4. The molecule has 1 aliphatic carbocycles. The van der Waals surface area contributed by atoms with Gasteiger partial charge < -0.3 is 10.1 Å². The quantitative estimate of drug-likeness (QED) is 0.421. The number of sulfone groups is 1. The number of carbonyl (C=O) groups is 1. The van der Waals surface area contributed by atoms with Crippen molar-refractivity contribution >= 4 is 49.1 Å². The Hall–Kier alpha value is -2.83. The standard InChI is InChI=1S/C25H22ClNO4S/c1-25(24(28)29,32(30,31)19-9-6-15-4-2-3-5-16(15)12-19)17-7-10-20-21-14-18(26)8-11-22(21)27-23(20)13-17/h2-6,8-9,11-12,14,17,27H,7,10,13H2,1H3,(H,28,29). The van der Waals surface area contributed by atoms with Gasteiger partial charge in [0.2, 0.25) is 0 Å². The molecular weight excluding hydrogens is 446 g/mol. The van der Waals surface area contributed by atoms with Crippen molar-refractivity contribution in [3.8, 4) is 0 Å². The first-order chi connectivity index (χ1) is 15.2. The molecule has 4 aromatic rings. The molecule has 0 radical (unpaired) electrons. The molecule has 1 aliphatic rings. The Morgan fingerprint density at radius 2 is 1.84 bits per heavy atom. The van der Waals surface area contributed by atoms with E-state index >= 15 is 0 Å². The molecule has 0 saturated heterocycles. The Balaban J connectivity index is 1.59. The molecule has 0 aliphatic heterocycles. The number of aromatic amines is 1. The minimum Gasteiger partial charge on any atom is -0.480 e. The largest absolute Gasteiger partial charge is 0.480 e. The number of aliphatic carboxylic acids is 1. The number of fused-ring (bicyclic) bond motifs is 4. The summed E-state index contributed by atoms with van der Waals surface area (Å²) >= 11 is 6.16. The smallest absolute Gasteiger partial charge is 0.325 e. The van der Waals surface area contributed by atoms with E-state index in [1.165, 1.54) is 13.0 Å². The lowest BCUT2D eigenvalue weighted by molar-refractivity contribution is -0.141. The number of nitrogens with one attached hydrogen (secondary N) is 1. The summed E-state index contributed by atoms with van der Waals surface area (Å²) in [6, 6.07) is 17.8. The highest BCUT2D eigenvalue weighted by Crippen LogP contribution is 2.42. The van der Waals surface area contributed by atoms with Gasteiger partial charge in [-0.2, -0.15) is 0 Å². The van der Waals surface area contributed by atoms with Gasteiger partial charge in [0.15, 0.2) is 14.6 Å². The summed E-state index contributed by atoms with van der Waals surface area (Å²) in [5.41, 5.74) is 2.91. The van der Waals surface area contributed by atoms with Gasteiger partial charge in [0.25, 0.3) is 0 Å². The topological polar surface area (TPSA) is 87.2 Å². The Morgan fingerprint density at radius 3 is 2.59 bits per heavy atom. The average Bonchev–Trinajstić information content (AvgIpc) is 3.14. The molecule has 7 heteroatoms. The number of halogens is 1. The van der Waals surface area contributed by atoms with Gasteiger partial charge in [0.1, 0.15) is 0 Å². The maximum atomic E-state index is 13.8. The highest BCUT2D eigenvalue weighted by molar-refractivity contribution is 7.93. The van der Waals surface area contributed by atoms with Crippen molar-refractivity contribution in [1.29, 1.82) is 0 Å². The highest BCUT2D eigenvalue weighted by Gasteiger charge is 2.54. The summed E-state index contributed by atoms with van der Waals surface area (Å²) in [6.45, 7) is 1.36. The normalized spacial score (nSPS) is 18.4. The summed E-state index contributed by atoms with van der Waals surface area (Å²) in [4.78, 5) is 15.9. The van der Waals surface area contributed by atoms with Crippen molar-refractivity contribution in [3.63, 3.8) is 0 Å². The molecule has 5 nitrogen and oxygen atoms in total. The maximum Gasteiger partial charge on any atom is 0.325 e. The Bertz CT molecular complexity index is 1490. The molecule has 0 bridgehead atoms. The number of aromatic nitrogens is 1. The molecule has 3 aromatic carbocycles. The lowest BCUT2D eigenvalue weighted by Gasteiger charge is -2.36. The molecule has 5 rings (SSSR count). The molecule has 2 N–H and O–H groups in total. The predicted molar refractivity (Wildman–Crippen MR) is 126 cm³/mol. The molecular formula is C25H22ClNO4S. The molecule has 0 fully saturated rings. The molecule has 164 valence electrons. The summed E-state index contributed by atoms with van der Waals surface area (Å²) < 4.78 is 25.6. The number of carboxylic acid groups (broad SMARTS) is 1. The fraction of sp³-hybridized carbons (Fsp3) is 0.240. The highest BCUT2D eigenvalue weighted by atomic mass is 35.5. The number of H-pyrrole nitrogens is 1. The monoisotopic (exact) mass is 467 g/mol. The van der Waals surface area contributed by atoms with E-state index < -0.39 is 26.5 Å². The molecule has 1 heterocycles. The van der Waals surface area contributed by atoms with Crippen LogP contribution in [0.3, 0.4) is 0 Å². The number of carboxylic acids is 1. The van der Waals surface area contributed by atoms with Crippen LogP contribution >= 0.6 is 11.6 Å². The van der Waals surface area contributed by atoms with Crippen molar-refractivity contribution in [2.45, 2.75) is 35.8 Å². The Kier molecular flexibility index (Phi) is 4.84. The van der Waals surface area contributed by atoms with Gasteiger partial charge in [-0.1, -0.05) is 41.9 Å². The molecule has 2 unspecified atom stereocenters. The van der Waals surface area contributed by atoms with E-state index in [2.05, 4.69) is 4.98 Å². The molecule has 32 heavy (non-hydrogen) atoms. The van der Waals surface area contributed by atoms with E-state index in [4.69, 9.17) is 11.6 Å². The van der Waals surface area contributed by atoms with Crippen LogP contribution in [-0.4, -0.2) is 29.2 Å². The van der Waals surface area contributed by atoms with Crippen molar-refractivity contribution < 1.29 is 18.3 Å². The van der Waals surface area contributed by atoms with E-state index in [1.54, 1.807) is 18.2 Å². The van der Waals surface area contributed by atoms with Crippen LogP contribution in [0.2, 0.25) is 5.02 Å². The van der Waals surface area contributed by atoms with E-state index in [0.717, 1.165) is 32.9 Å². The third kappa shape index (κ3) is 3.05. The van der Waals surface area contributed by atoms with Gasteiger partial charge in [0, 0.05) is 21.6 Å². The van der Waals surface area contributed by atoms with Gasteiger partial charge in [-0.25, -0.2) is 8.42 Å². The van der Waals surface area contributed by atoms with Crippen LogP contribution < -0.4 is 0 Å². The summed E-state index contributed by atoms with van der Waals surface area (Å²) in [7, 11) is -4.16. The number of benzene rings is 3. The molecule has 0 saturated carbocycles. The summed E-state index contributed by atoms with van der Waals surface area (Å²) in [6.07, 6.45) is 1.40. The van der Waals surface area contributed by atoms with Gasteiger partial charge in [-0.3, -0.25) is 4.79 Å². The lowest BCUT2D eigenvalue weighted by atomic mass is 9.79.